The zero-order valence-electron chi connectivity index (χ0n) is 27.0. The van der Waals surface area contributed by atoms with Crippen LogP contribution in [0, 0.1) is 11.8 Å². The van der Waals surface area contributed by atoms with E-state index in [9.17, 15) is 19.2 Å². The van der Waals surface area contributed by atoms with Gasteiger partial charge in [0.2, 0.25) is 23.6 Å². The largest absolute Gasteiger partial charge is 0.345 e. The van der Waals surface area contributed by atoms with Crippen LogP contribution in [0.2, 0.25) is 10.0 Å². The second-order valence-electron chi connectivity index (χ2n) is 13.0. The van der Waals surface area contributed by atoms with Crippen LogP contribution in [0.5, 0.6) is 0 Å². The first-order valence-electron chi connectivity index (χ1n) is 16.0. The molecule has 246 valence electrons. The van der Waals surface area contributed by atoms with Crippen LogP contribution >= 0.6 is 35.0 Å². The molecule has 3 aliphatic rings. The Labute approximate surface area is 277 Å². The van der Waals surface area contributed by atoms with Gasteiger partial charge in [0.25, 0.3) is 0 Å². The number of nitrogens with one attached hydrogen (secondary N) is 1. The molecule has 2 aliphatic heterocycles. The molecule has 3 fully saturated rings. The minimum absolute atomic E-state index is 0.0275. The first-order chi connectivity index (χ1) is 20.9. The Bertz CT molecular complexity index is 1150. The molecule has 1 saturated carbocycles. The Morgan fingerprint density at radius 1 is 1.07 bits per heavy atom. The zero-order valence-corrected chi connectivity index (χ0v) is 29.3. The van der Waals surface area contributed by atoms with Crippen molar-refractivity contribution in [3.05, 3.63) is 33.8 Å². The molecule has 1 aromatic carbocycles. The van der Waals surface area contributed by atoms with Crippen molar-refractivity contribution in [3.63, 3.8) is 0 Å². The molecule has 2 saturated heterocycles. The third-order valence-electron chi connectivity index (χ3n) is 8.29. The van der Waals surface area contributed by atoms with Gasteiger partial charge in [0.1, 0.15) is 12.1 Å². The van der Waals surface area contributed by atoms with E-state index in [1.54, 1.807) is 37.2 Å². The maximum Gasteiger partial charge on any atom is 0.245 e. The average Bonchev–Trinajstić information content (AvgIpc) is 3.66. The second kappa shape index (κ2) is 17.7. The number of likely N-dealkylation sites (N-methyl/N-ethyl adjacent to an activating group) is 2. The lowest BCUT2D eigenvalue weighted by Crippen LogP contribution is -2.55. The van der Waals surface area contributed by atoms with Gasteiger partial charge >= 0.3 is 0 Å². The van der Waals surface area contributed by atoms with Gasteiger partial charge in [-0.2, -0.15) is 11.8 Å². The molecule has 0 aromatic heterocycles. The van der Waals surface area contributed by atoms with Crippen LogP contribution in [0.1, 0.15) is 77.7 Å². The van der Waals surface area contributed by atoms with E-state index in [0.29, 0.717) is 40.9 Å². The van der Waals surface area contributed by atoms with Crippen molar-refractivity contribution in [2.24, 2.45) is 11.8 Å². The Balaban J connectivity index is 0.00000124. The standard InChI is InChI=1S/C29H40Cl2N4O4S.C4H10/c1-33(26(36)14-19-8-9-19)24-7-3-4-13-40-18-22-6-5-12-35(22)29(39)25(34(2)27(37)17-32-28(24)38)16-20-15-21(30)10-11-23(20)31;1-4(2)3/h10-11,15,19,22,24-25H,3-9,12-14,16-18H2,1-2H3,(H,32,38);4H,1-3H3/t22?,24?,25-;/m0./s1. The lowest BCUT2D eigenvalue weighted by atomic mass is 10.0. The molecule has 3 atom stereocenters. The quantitative estimate of drug-likeness (QED) is 0.436. The molecule has 2 heterocycles. The number of rotatable bonds is 5. The van der Waals surface area contributed by atoms with Crippen molar-refractivity contribution in [1.29, 1.82) is 0 Å². The molecule has 8 nitrogen and oxygen atoms in total. The first-order valence-corrected chi connectivity index (χ1v) is 17.9. The van der Waals surface area contributed by atoms with Crippen LogP contribution in [0.15, 0.2) is 18.2 Å². The van der Waals surface area contributed by atoms with Gasteiger partial charge in [-0.1, -0.05) is 50.4 Å². The number of amides is 4. The molecule has 0 bridgehead atoms. The summed E-state index contributed by atoms with van der Waals surface area (Å²) in [5, 5.41) is 3.75. The van der Waals surface area contributed by atoms with E-state index in [4.69, 9.17) is 23.2 Å². The van der Waals surface area contributed by atoms with Crippen molar-refractivity contribution in [2.75, 3.05) is 38.7 Å². The van der Waals surface area contributed by atoms with Crippen molar-refractivity contribution >= 4 is 58.6 Å². The van der Waals surface area contributed by atoms with Crippen molar-refractivity contribution in [2.45, 2.75) is 96.7 Å². The number of benzene rings is 1. The molecule has 44 heavy (non-hydrogen) atoms. The van der Waals surface area contributed by atoms with E-state index in [-0.39, 0.29) is 42.6 Å². The molecule has 2 unspecified atom stereocenters. The Kier molecular flexibility index (Phi) is 14.6. The fourth-order valence-corrected chi connectivity index (χ4v) is 7.10. The minimum Gasteiger partial charge on any atom is -0.345 e. The van der Waals surface area contributed by atoms with Crippen molar-refractivity contribution in [3.8, 4) is 0 Å². The number of hydrogen-bond acceptors (Lipinski definition) is 5. The van der Waals surface area contributed by atoms with Gasteiger partial charge in [-0.05, 0) is 79.9 Å². The van der Waals surface area contributed by atoms with E-state index < -0.39 is 12.1 Å². The smallest absolute Gasteiger partial charge is 0.245 e. The second-order valence-corrected chi connectivity index (χ2v) is 15.0. The molecule has 4 amide bonds. The maximum atomic E-state index is 14.0. The molecular formula is C33H50Cl2N4O4S. The molecule has 0 spiro atoms. The summed E-state index contributed by atoms with van der Waals surface area (Å²) in [6.45, 7) is 6.90. The lowest BCUT2D eigenvalue weighted by molar-refractivity contribution is -0.145. The normalized spacial score (nSPS) is 24.0. The van der Waals surface area contributed by atoms with Gasteiger partial charge in [-0.15, -0.1) is 0 Å². The highest BCUT2D eigenvalue weighted by molar-refractivity contribution is 7.99. The van der Waals surface area contributed by atoms with Crippen molar-refractivity contribution < 1.29 is 19.2 Å². The van der Waals surface area contributed by atoms with Gasteiger partial charge in [-0.3, -0.25) is 19.2 Å². The fraction of sp³-hybridized carbons (Fsp3) is 0.697. The van der Waals surface area contributed by atoms with Crippen LogP contribution in [0.4, 0.5) is 0 Å². The molecule has 1 aromatic rings. The van der Waals surface area contributed by atoms with E-state index in [1.165, 1.54) is 4.90 Å². The van der Waals surface area contributed by atoms with E-state index in [2.05, 4.69) is 26.1 Å². The molecular weight excluding hydrogens is 619 g/mol. The Hall–Kier alpha value is -1.97. The summed E-state index contributed by atoms with van der Waals surface area (Å²) in [5.74, 6) is 2.15. The predicted molar refractivity (Wildman–Crippen MR) is 180 cm³/mol. The van der Waals surface area contributed by atoms with Crippen LogP contribution in [0.25, 0.3) is 0 Å². The lowest BCUT2D eigenvalue weighted by Gasteiger charge is -2.34. The highest BCUT2D eigenvalue weighted by Crippen LogP contribution is 2.33. The highest BCUT2D eigenvalue weighted by atomic mass is 35.5. The fourth-order valence-electron chi connectivity index (χ4n) is 5.52. The number of thioether (sulfide) groups is 1. The van der Waals surface area contributed by atoms with Crippen molar-refractivity contribution in [1.82, 2.24) is 20.0 Å². The predicted octanol–water partition coefficient (Wildman–Crippen LogP) is 5.68. The van der Waals surface area contributed by atoms with Crippen LogP contribution in [-0.4, -0.2) is 95.1 Å². The Morgan fingerprint density at radius 2 is 1.77 bits per heavy atom. The number of nitrogens with zero attached hydrogens (tertiary/aromatic N) is 3. The molecule has 0 radical (unpaired) electrons. The summed E-state index contributed by atoms with van der Waals surface area (Å²) < 4.78 is 0. The molecule has 1 N–H and O–H groups in total. The molecule has 11 heteroatoms. The summed E-state index contributed by atoms with van der Waals surface area (Å²) in [5.41, 5.74) is 0.687. The Morgan fingerprint density at radius 3 is 2.45 bits per heavy atom. The van der Waals surface area contributed by atoms with E-state index in [0.717, 1.165) is 55.9 Å². The molecule has 1 aliphatic carbocycles. The number of halogens is 2. The minimum atomic E-state index is -0.794. The number of carbonyl (C=O) groups excluding carboxylic acids is 4. The summed E-state index contributed by atoms with van der Waals surface area (Å²) in [6.07, 6.45) is 6.93. The van der Waals surface area contributed by atoms with Gasteiger partial charge in [0, 0.05) is 55.3 Å². The third-order valence-corrected chi connectivity index (χ3v) is 10.1. The SMILES string of the molecule is CC(C)C.CN(C(=O)CC1CC1)C1CCCCSCC2CCCN2C(=O)[C@H](Cc2cc(Cl)ccc2Cl)N(C)C(=O)CNC1=O. The highest BCUT2D eigenvalue weighted by Gasteiger charge is 2.37. The summed E-state index contributed by atoms with van der Waals surface area (Å²) in [6, 6.07) is 3.80. The first kappa shape index (κ1) is 36.5. The van der Waals surface area contributed by atoms with Gasteiger partial charge in [0.15, 0.2) is 0 Å². The number of hydrogen-bond donors (Lipinski definition) is 1. The number of fused-ring (bicyclic) bond motifs is 1. The van der Waals surface area contributed by atoms with E-state index >= 15 is 0 Å². The van der Waals surface area contributed by atoms with Crippen LogP contribution in [0.3, 0.4) is 0 Å². The molecule has 4 rings (SSSR count). The third kappa shape index (κ3) is 11.1. The van der Waals surface area contributed by atoms with Crippen LogP contribution in [-0.2, 0) is 25.6 Å². The summed E-state index contributed by atoms with van der Waals surface area (Å²) in [4.78, 5) is 58.4. The average molecular weight is 670 g/mol. The maximum absolute atomic E-state index is 14.0. The van der Waals surface area contributed by atoms with Gasteiger partial charge in [0.05, 0.1) is 6.54 Å². The topological polar surface area (TPSA) is 90.0 Å². The van der Waals surface area contributed by atoms with Gasteiger partial charge in [-0.25, -0.2) is 0 Å². The number of carbonyl (C=O) groups is 4. The van der Waals surface area contributed by atoms with E-state index in [1.807, 2.05) is 16.7 Å². The summed E-state index contributed by atoms with van der Waals surface area (Å²) >= 11 is 14.5. The van der Waals surface area contributed by atoms with Gasteiger partial charge < -0.3 is 20.0 Å². The summed E-state index contributed by atoms with van der Waals surface area (Å²) in [7, 11) is 3.29. The monoisotopic (exact) mass is 668 g/mol. The van der Waals surface area contributed by atoms with Crippen LogP contribution < -0.4 is 5.32 Å². The zero-order chi connectivity index (χ0) is 32.4.